The zero-order valence-corrected chi connectivity index (χ0v) is 14.8. The van der Waals surface area contributed by atoms with Crippen molar-refractivity contribution in [1.82, 2.24) is 15.2 Å². The Morgan fingerprint density at radius 3 is 2.72 bits per heavy atom. The fourth-order valence-electron chi connectivity index (χ4n) is 2.51. The minimum atomic E-state index is -2.90. The lowest BCUT2D eigenvalue weighted by atomic mass is 10.1. The van der Waals surface area contributed by atoms with Gasteiger partial charge in [-0.05, 0) is 25.5 Å². The molecule has 10 heteroatoms. The number of carbonyl (C=O) groups excluding carboxylic acids is 2. The SMILES string of the molecule is NCCC[C@H](NC(=O)c1cnc(Cl)c(Cl)c1)C(=O)N1CCC(F)(F)C1. The smallest absolute Gasteiger partial charge is 0.267 e. The first-order valence-corrected chi connectivity index (χ1v) is 8.47. The van der Waals surface area contributed by atoms with Gasteiger partial charge in [0.2, 0.25) is 5.91 Å². The molecule has 0 saturated carbocycles. The largest absolute Gasteiger partial charge is 0.340 e. The van der Waals surface area contributed by atoms with E-state index >= 15 is 0 Å². The van der Waals surface area contributed by atoms with Crippen LogP contribution in [0.2, 0.25) is 10.2 Å². The molecule has 1 saturated heterocycles. The highest BCUT2D eigenvalue weighted by molar-refractivity contribution is 6.41. The maximum atomic E-state index is 13.3. The number of nitrogens with zero attached hydrogens (tertiary/aromatic N) is 2. The first-order valence-electron chi connectivity index (χ1n) is 7.72. The highest BCUT2D eigenvalue weighted by Crippen LogP contribution is 2.27. The monoisotopic (exact) mass is 394 g/mol. The number of rotatable bonds is 6. The Labute approximate surface area is 153 Å². The van der Waals surface area contributed by atoms with Crippen molar-refractivity contribution < 1.29 is 18.4 Å². The first-order chi connectivity index (χ1) is 11.7. The van der Waals surface area contributed by atoms with Crippen LogP contribution in [-0.2, 0) is 4.79 Å². The molecule has 0 radical (unpaired) electrons. The van der Waals surface area contributed by atoms with Crippen molar-refractivity contribution in [2.45, 2.75) is 31.2 Å². The molecule has 1 fully saturated rings. The Balaban J connectivity index is 2.09. The van der Waals surface area contributed by atoms with E-state index in [2.05, 4.69) is 10.3 Å². The second-order valence-electron chi connectivity index (χ2n) is 5.82. The molecule has 1 aromatic rings. The van der Waals surface area contributed by atoms with E-state index in [1.165, 1.54) is 12.3 Å². The van der Waals surface area contributed by atoms with Crippen LogP contribution in [0.15, 0.2) is 12.3 Å². The Hall–Kier alpha value is -1.51. The second kappa shape index (κ2) is 8.25. The van der Waals surface area contributed by atoms with Crippen LogP contribution in [0.25, 0.3) is 0 Å². The molecule has 6 nitrogen and oxygen atoms in total. The normalized spacial score (nSPS) is 17.4. The van der Waals surface area contributed by atoms with Crippen LogP contribution in [0.4, 0.5) is 8.78 Å². The van der Waals surface area contributed by atoms with Crippen LogP contribution < -0.4 is 11.1 Å². The number of nitrogens with two attached hydrogens (primary N) is 1. The third-order valence-electron chi connectivity index (χ3n) is 3.84. The average Bonchev–Trinajstić information content (AvgIpc) is 2.93. The van der Waals surface area contributed by atoms with E-state index < -0.39 is 30.3 Å². The fraction of sp³-hybridized carbons (Fsp3) is 0.533. The standard InChI is InChI=1S/C15H18Cl2F2N4O2/c16-10-6-9(7-21-12(10)17)13(24)22-11(2-1-4-20)14(25)23-5-3-15(18,19)8-23/h6-7,11H,1-5,8,20H2,(H,22,24)/t11-/m0/s1. The summed E-state index contributed by atoms with van der Waals surface area (Å²) >= 11 is 11.5. The summed E-state index contributed by atoms with van der Waals surface area (Å²) < 4.78 is 26.7. The first kappa shape index (κ1) is 19.8. The summed E-state index contributed by atoms with van der Waals surface area (Å²) in [6.07, 6.45) is 1.55. The Bertz CT molecular complexity index is 660. The molecule has 2 amide bonds. The van der Waals surface area contributed by atoms with Crippen molar-refractivity contribution >= 4 is 35.0 Å². The zero-order valence-electron chi connectivity index (χ0n) is 13.3. The van der Waals surface area contributed by atoms with E-state index in [1.807, 2.05) is 0 Å². The number of amides is 2. The molecule has 2 rings (SSSR count). The van der Waals surface area contributed by atoms with Crippen molar-refractivity contribution in [1.29, 1.82) is 0 Å². The molecule has 1 aromatic heterocycles. The van der Waals surface area contributed by atoms with Crippen LogP contribution in [0.3, 0.4) is 0 Å². The number of nitrogens with one attached hydrogen (secondary N) is 1. The van der Waals surface area contributed by atoms with Gasteiger partial charge in [-0.3, -0.25) is 9.59 Å². The number of likely N-dealkylation sites (tertiary alicyclic amines) is 1. The molecule has 0 aromatic carbocycles. The number of aromatic nitrogens is 1. The van der Waals surface area contributed by atoms with Gasteiger partial charge in [-0.15, -0.1) is 0 Å². The third-order valence-corrected chi connectivity index (χ3v) is 4.53. The third kappa shape index (κ3) is 5.23. The number of hydrogen-bond acceptors (Lipinski definition) is 4. The average molecular weight is 395 g/mol. The predicted octanol–water partition coefficient (Wildman–Crippen LogP) is 2.09. The molecule has 0 aliphatic carbocycles. The van der Waals surface area contributed by atoms with Crippen molar-refractivity contribution in [3.05, 3.63) is 28.0 Å². The molecule has 25 heavy (non-hydrogen) atoms. The lowest BCUT2D eigenvalue weighted by Gasteiger charge is -2.24. The molecule has 1 atom stereocenters. The maximum absolute atomic E-state index is 13.3. The minimum absolute atomic E-state index is 0.0465. The van der Waals surface area contributed by atoms with E-state index in [0.29, 0.717) is 13.0 Å². The lowest BCUT2D eigenvalue weighted by molar-refractivity contribution is -0.133. The van der Waals surface area contributed by atoms with Gasteiger partial charge in [0.05, 0.1) is 17.1 Å². The lowest BCUT2D eigenvalue weighted by Crippen LogP contribution is -2.48. The topological polar surface area (TPSA) is 88.3 Å². The number of halogens is 4. The number of pyridine rings is 1. The van der Waals surface area contributed by atoms with E-state index in [1.54, 1.807) is 0 Å². The van der Waals surface area contributed by atoms with E-state index in [0.717, 1.165) is 4.90 Å². The van der Waals surface area contributed by atoms with Gasteiger partial charge in [0.15, 0.2) is 0 Å². The number of hydrogen-bond donors (Lipinski definition) is 2. The van der Waals surface area contributed by atoms with E-state index in [4.69, 9.17) is 28.9 Å². The summed E-state index contributed by atoms with van der Waals surface area (Å²) in [4.78, 5) is 29.7. The van der Waals surface area contributed by atoms with Gasteiger partial charge in [-0.2, -0.15) is 0 Å². The summed E-state index contributed by atoms with van der Waals surface area (Å²) in [5, 5.41) is 2.69. The summed E-state index contributed by atoms with van der Waals surface area (Å²) in [5.74, 6) is -4.04. The van der Waals surface area contributed by atoms with Crippen molar-refractivity contribution in [2.75, 3.05) is 19.6 Å². The van der Waals surface area contributed by atoms with Crippen LogP contribution in [0, 0.1) is 0 Å². The van der Waals surface area contributed by atoms with Crippen molar-refractivity contribution in [3.8, 4) is 0 Å². The van der Waals surface area contributed by atoms with Crippen LogP contribution in [-0.4, -0.2) is 53.3 Å². The maximum Gasteiger partial charge on any atom is 0.267 e. The summed E-state index contributed by atoms with van der Waals surface area (Å²) in [6, 6.07) is 0.375. The van der Waals surface area contributed by atoms with E-state index in [-0.39, 0.29) is 35.1 Å². The Morgan fingerprint density at radius 2 is 2.16 bits per heavy atom. The van der Waals surface area contributed by atoms with Gasteiger partial charge in [-0.1, -0.05) is 23.2 Å². The van der Waals surface area contributed by atoms with Gasteiger partial charge >= 0.3 is 0 Å². The summed E-state index contributed by atoms with van der Waals surface area (Å²) in [7, 11) is 0. The molecule has 1 aliphatic rings. The van der Waals surface area contributed by atoms with Gasteiger partial charge in [0.1, 0.15) is 11.2 Å². The molecule has 0 unspecified atom stereocenters. The molecule has 3 N–H and O–H groups in total. The van der Waals surface area contributed by atoms with Crippen molar-refractivity contribution in [3.63, 3.8) is 0 Å². The summed E-state index contributed by atoms with van der Waals surface area (Å²) in [6.45, 7) is -0.381. The second-order valence-corrected chi connectivity index (χ2v) is 6.58. The quantitative estimate of drug-likeness (QED) is 0.723. The molecule has 0 bridgehead atoms. The summed E-state index contributed by atoms with van der Waals surface area (Å²) in [5.41, 5.74) is 5.57. The van der Waals surface area contributed by atoms with Crippen molar-refractivity contribution in [2.24, 2.45) is 5.73 Å². The predicted molar refractivity (Wildman–Crippen MR) is 89.9 cm³/mol. The molecule has 0 spiro atoms. The zero-order chi connectivity index (χ0) is 18.6. The van der Waals surface area contributed by atoms with Crippen LogP contribution in [0.1, 0.15) is 29.6 Å². The van der Waals surface area contributed by atoms with Gasteiger partial charge in [-0.25, -0.2) is 13.8 Å². The number of carbonyl (C=O) groups is 2. The van der Waals surface area contributed by atoms with Crippen LogP contribution >= 0.6 is 23.2 Å². The fourth-order valence-corrected chi connectivity index (χ4v) is 2.78. The highest BCUT2D eigenvalue weighted by atomic mass is 35.5. The van der Waals surface area contributed by atoms with Gasteiger partial charge in [0, 0.05) is 19.2 Å². The molecule has 138 valence electrons. The number of alkyl halides is 2. The van der Waals surface area contributed by atoms with Crippen LogP contribution in [0.5, 0.6) is 0 Å². The van der Waals surface area contributed by atoms with Gasteiger partial charge in [0.25, 0.3) is 11.8 Å². The minimum Gasteiger partial charge on any atom is -0.340 e. The Kier molecular flexibility index (Phi) is 6.53. The highest BCUT2D eigenvalue weighted by Gasteiger charge is 2.42. The molecule has 1 aliphatic heterocycles. The molecular weight excluding hydrogens is 377 g/mol. The van der Waals surface area contributed by atoms with E-state index in [9.17, 15) is 18.4 Å². The van der Waals surface area contributed by atoms with Gasteiger partial charge < -0.3 is 16.0 Å². The Morgan fingerprint density at radius 1 is 1.44 bits per heavy atom. The molecular formula is C15H18Cl2F2N4O2. The molecule has 2 heterocycles.